The molecule has 0 amide bonds. The highest BCUT2D eigenvalue weighted by Crippen LogP contribution is 2.62. The highest BCUT2D eigenvalue weighted by molar-refractivity contribution is 5.90. The largest absolute Gasteiger partial charge is 0.238 e. The molecule has 0 saturated heterocycles. The lowest BCUT2D eigenvalue weighted by atomic mass is 9.58. The van der Waals surface area contributed by atoms with E-state index in [1.54, 1.807) is 0 Å². The van der Waals surface area contributed by atoms with Crippen LogP contribution in [-0.4, -0.2) is 0 Å². The van der Waals surface area contributed by atoms with E-state index in [0.717, 1.165) is 22.3 Å². The van der Waals surface area contributed by atoms with Crippen molar-refractivity contribution in [1.82, 2.24) is 0 Å². The van der Waals surface area contributed by atoms with E-state index in [1.165, 1.54) is 27.8 Å². The summed E-state index contributed by atoms with van der Waals surface area (Å²) in [6.07, 6.45) is 0. The van der Waals surface area contributed by atoms with Gasteiger partial charge in [-0.2, -0.15) is 5.26 Å². The molecule has 0 bridgehead atoms. The Labute approximate surface area is 210 Å². The van der Waals surface area contributed by atoms with Gasteiger partial charge < -0.3 is 0 Å². The van der Waals surface area contributed by atoms with Crippen LogP contribution in [0.25, 0.3) is 16.0 Å². The second-order valence-electron chi connectivity index (χ2n) is 9.48. The van der Waals surface area contributed by atoms with Crippen molar-refractivity contribution >= 4 is 5.69 Å². The maximum atomic E-state index is 9.85. The summed E-state index contributed by atoms with van der Waals surface area (Å²) >= 11 is 0. The molecule has 0 atom stereocenters. The Morgan fingerprint density at radius 2 is 1.22 bits per heavy atom. The molecule has 7 rings (SSSR count). The fourth-order valence-corrected chi connectivity index (χ4v) is 6.53. The summed E-state index contributed by atoms with van der Waals surface area (Å²) in [7, 11) is 0. The number of hydrogen-bond acceptors (Lipinski definition) is 1. The van der Waals surface area contributed by atoms with E-state index in [0.29, 0.717) is 11.3 Å². The molecule has 166 valence electrons. The zero-order valence-electron chi connectivity index (χ0n) is 19.4. The molecule has 1 spiro atoms. The van der Waals surface area contributed by atoms with Gasteiger partial charge >= 0.3 is 0 Å². The van der Waals surface area contributed by atoms with Gasteiger partial charge in [-0.15, -0.1) is 0 Å². The molecule has 0 fully saturated rings. The Morgan fingerprint density at radius 1 is 0.639 bits per heavy atom. The van der Waals surface area contributed by atoms with Crippen LogP contribution in [0.4, 0.5) is 5.69 Å². The van der Waals surface area contributed by atoms with E-state index in [4.69, 9.17) is 6.57 Å². The summed E-state index contributed by atoms with van der Waals surface area (Å²) in [6.45, 7) is 7.75. The van der Waals surface area contributed by atoms with Crippen molar-refractivity contribution in [3.05, 3.63) is 171 Å². The lowest BCUT2D eigenvalue weighted by molar-refractivity contribution is 0.697. The van der Waals surface area contributed by atoms with E-state index in [2.05, 4.69) is 114 Å². The molecular weight excluding hydrogens is 436 g/mol. The van der Waals surface area contributed by atoms with Crippen LogP contribution < -0.4 is 0 Å². The third-order valence-corrected chi connectivity index (χ3v) is 7.86. The van der Waals surface area contributed by atoms with Gasteiger partial charge in [0.2, 0.25) is 0 Å². The maximum Gasteiger partial charge on any atom is 0.187 e. The van der Waals surface area contributed by atoms with Crippen molar-refractivity contribution < 1.29 is 0 Å². The highest BCUT2D eigenvalue weighted by Gasteiger charge is 2.51. The molecule has 0 saturated carbocycles. The van der Waals surface area contributed by atoms with Crippen LogP contribution in [0.3, 0.4) is 0 Å². The first kappa shape index (κ1) is 20.5. The average molecular weight is 457 g/mol. The van der Waals surface area contributed by atoms with Crippen molar-refractivity contribution in [2.75, 3.05) is 0 Å². The summed E-state index contributed by atoms with van der Waals surface area (Å²) in [5, 5.41) is 9.85. The second kappa shape index (κ2) is 7.54. The molecule has 0 N–H and O–H groups in total. The van der Waals surface area contributed by atoms with Crippen LogP contribution in [-0.2, 0) is 5.41 Å². The van der Waals surface area contributed by atoms with Gasteiger partial charge in [-0.05, 0) is 62.2 Å². The van der Waals surface area contributed by atoms with Crippen LogP contribution in [0.15, 0.2) is 115 Å². The molecule has 2 aliphatic rings. The molecule has 2 nitrogen and oxygen atoms in total. The first-order valence-corrected chi connectivity index (χ1v) is 12.1. The number of rotatable bonds is 1. The van der Waals surface area contributed by atoms with Gasteiger partial charge in [0.25, 0.3) is 0 Å². The van der Waals surface area contributed by atoms with Crippen LogP contribution in [0.1, 0.15) is 50.4 Å². The Balaban J connectivity index is 1.68. The maximum absolute atomic E-state index is 9.85. The molecule has 0 aliphatic heterocycles. The highest BCUT2D eigenvalue weighted by atomic mass is 14.6. The van der Waals surface area contributed by atoms with Gasteiger partial charge in [-0.1, -0.05) is 103 Å². The van der Waals surface area contributed by atoms with E-state index in [9.17, 15) is 5.26 Å². The zero-order valence-corrected chi connectivity index (χ0v) is 19.4. The van der Waals surface area contributed by atoms with Crippen molar-refractivity contribution in [3.63, 3.8) is 0 Å². The van der Waals surface area contributed by atoms with Crippen molar-refractivity contribution in [2.24, 2.45) is 0 Å². The first-order chi connectivity index (χ1) is 17.8. The average Bonchev–Trinajstić information content (AvgIpc) is 3.23. The Hall–Kier alpha value is -4.92. The van der Waals surface area contributed by atoms with Crippen molar-refractivity contribution in [2.45, 2.75) is 11.3 Å². The van der Waals surface area contributed by atoms with Crippen LogP contribution in [0.2, 0.25) is 0 Å². The lowest BCUT2D eigenvalue weighted by Crippen LogP contribution is -2.36. The lowest BCUT2D eigenvalue weighted by Gasteiger charge is -2.43. The molecule has 0 heterocycles. The van der Waals surface area contributed by atoms with E-state index >= 15 is 0 Å². The minimum absolute atomic E-state index is 0.0971. The molecule has 0 aromatic heterocycles. The second-order valence-corrected chi connectivity index (χ2v) is 9.48. The minimum Gasteiger partial charge on any atom is -0.238 e. The Kier molecular flexibility index (Phi) is 4.28. The summed E-state index contributed by atoms with van der Waals surface area (Å²) < 4.78 is 0. The van der Waals surface area contributed by atoms with Crippen LogP contribution in [0, 0.1) is 17.9 Å². The Morgan fingerprint density at radius 3 is 1.86 bits per heavy atom. The standard InChI is InChI=1S/C34H20N2/c1-36-24-16-18-26-25-17-15-22(21-35)19-31(25)34(32(26)20-24)29-13-7-5-11-27(29)33(23-9-3-2-4-10-23)28-12-6-8-14-30(28)34/h2-20,33H. The monoisotopic (exact) mass is 456 g/mol. The molecule has 0 radical (unpaired) electrons. The number of benzene rings is 5. The summed E-state index contributed by atoms with van der Waals surface area (Å²) in [5.74, 6) is 0.0971. The number of hydrogen-bond donors (Lipinski definition) is 0. The predicted molar refractivity (Wildman–Crippen MR) is 142 cm³/mol. The molecule has 5 aromatic rings. The first-order valence-electron chi connectivity index (χ1n) is 12.1. The molecular formula is C34H20N2. The van der Waals surface area contributed by atoms with Gasteiger partial charge in [-0.25, -0.2) is 4.85 Å². The summed E-state index contributed by atoms with van der Waals surface area (Å²) in [4.78, 5) is 3.79. The number of nitrogens with zero attached hydrogens (tertiary/aromatic N) is 2. The summed E-state index contributed by atoms with van der Waals surface area (Å²) in [5.41, 5.74) is 11.4. The van der Waals surface area contributed by atoms with Gasteiger partial charge in [0.1, 0.15) is 0 Å². The molecule has 2 aliphatic carbocycles. The van der Waals surface area contributed by atoms with Gasteiger partial charge in [0.05, 0.1) is 23.6 Å². The van der Waals surface area contributed by atoms with E-state index in [-0.39, 0.29) is 5.92 Å². The molecule has 2 heteroatoms. The Bertz CT molecular complexity index is 1650. The van der Waals surface area contributed by atoms with Crippen LogP contribution in [0.5, 0.6) is 0 Å². The third-order valence-electron chi connectivity index (χ3n) is 7.86. The quantitative estimate of drug-likeness (QED) is 0.230. The normalized spacial score (nSPS) is 18.3. The fourth-order valence-electron chi connectivity index (χ4n) is 6.53. The van der Waals surface area contributed by atoms with Gasteiger partial charge in [-0.3, -0.25) is 0 Å². The third kappa shape index (κ3) is 2.54. The summed E-state index contributed by atoms with van der Waals surface area (Å²) in [6, 6.07) is 42.6. The molecule has 36 heavy (non-hydrogen) atoms. The zero-order chi connectivity index (χ0) is 24.3. The molecule has 0 unspecified atom stereocenters. The smallest absolute Gasteiger partial charge is 0.187 e. The topological polar surface area (TPSA) is 28.1 Å². The van der Waals surface area contributed by atoms with Crippen molar-refractivity contribution in [1.29, 1.82) is 5.26 Å². The predicted octanol–water partition coefficient (Wildman–Crippen LogP) is 7.97. The van der Waals surface area contributed by atoms with Crippen molar-refractivity contribution in [3.8, 4) is 17.2 Å². The van der Waals surface area contributed by atoms with E-state index in [1.807, 2.05) is 12.1 Å². The SMILES string of the molecule is [C-]#[N+]c1ccc2c(c1)C1(c3cc(C#N)ccc3-2)c2ccccc2C(c2ccccc2)c2ccccc21. The van der Waals surface area contributed by atoms with Gasteiger partial charge in [0, 0.05) is 5.92 Å². The van der Waals surface area contributed by atoms with Gasteiger partial charge in [0.15, 0.2) is 5.69 Å². The number of nitriles is 1. The number of fused-ring (bicyclic) bond motifs is 9. The van der Waals surface area contributed by atoms with E-state index < -0.39 is 5.41 Å². The van der Waals surface area contributed by atoms with Crippen LogP contribution >= 0.6 is 0 Å². The molecule has 5 aromatic carbocycles. The fraction of sp³-hybridized carbons (Fsp3) is 0.0588. The minimum atomic E-state index is -0.601.